The molecule has 0 bridgehead atoms. The number of nitrogens with two attached hydrogens (primary N) is 1. The van der Waals surface area contributed by atoms with Crippen LogP contribution in [0, 0.1) is 0 Å². The summed E-state index contributed by atoms with van der Waals surface area (Å²) in [5, 5.41) is 8.25. The van der Waals surface area contributed by atoms with E-state index in [0.717, 1.165) is 0 Å². The molecule has 22 heavy (non-hydrogen) atoms. The SMILES string of the molecule is CC(C(N)(C(=O)O)c1ccccc1)S(=O)(=O)c1ccccc1. The van der Waals surface area contributed by atoms with Crippen molar-refractivity contribution < 1.29 is 18.3 Å². The lowest BCUT2D eigenvalue weighted by atomic mass is 9.88. The molecule has 2 unspecified atom stereocenters. The number of hydrogen-bond acceptors (Lipinski definition) is 4. The van der Waals surface area contributed by atoms with Gasteiger partial charge < -0.3 is 10.8 Å². The second kappa shape index (κ2) is 5.90. The van der Waals surface area contributed by atoms with Crippen LogP contribution in [0.2, 0.25) is 0 Å². The maximum absolute atomic E-state index is 12.7. The van der Waals surface area contributed by atoms with E-state index in [4.69, 9.17) is 5.73 Å². The number of sulfone groups is 1. The molecule has 6 heteroatoms. The highest BCUT2D eigenvalue weighted by Gasteiger charge is 2.48. The minimum Gasteiger partial charge on any atom is -0.480 e. The summed E-state index contributed by atoms with van der Waals surface area (Å²) < 4.78 is 25.4. The van der Waals surface area contributed by atoms with E-state index in [9.17, 15) is 18.3 Å². The van der Waals surface area contributed by atoms with E-state index in [0.29, 0.717) is 0 Å². The molecule has 0 saturated heterocycles. The van der Waals surface area contributed by atoms with Gasteiger partial charge in [0.05, 0.1) is 10.1 Å². The molecule has 0 heterocycles. The van der Waals surface area contributed by atoms with E-state index in [1.807, 2.05) is 0 Å². The smallest absolute Gasteiger partial charge is 0.329 e. The first-order valence-corrected chi connectivity index (χ1v) is 8.22. The molecule has 0 saturated carbocycles. The summed E-state index contributed by atoms with van der Waals surface area (Å²) in [5.41, 5.74) is 4.26. The number of benzene rings is 2. The molecule has 0 amide bonds. The van der Waals surface area contributed by atoms with E-state index in [1.54, 1.807) is 36.4 Å². The fourth-order valence-electron chi connectivity index (χ4n) is 2.31. The molecular weight excluding hydrogens is 302 g/mol. The largest absolute Gasteiger partial charge is 0.480 e. The summed E-state index contributed by atoms with van der Waals surface area (Å²) in [6, 6.07) is 15.7. The molecule has 0 aromatic heterocycles. The molecule has 116 valence electrons. The molecule has 0 aliphatic heterocycles. The lowest BCUT2D eigenvalue weighted by Crippen LogP contribution is -2.55. The predicted molar refractivity (Wildman–Crippen MR) is 83.0 cm³/mol. The molecule has 0 aliphatic rings. The third kappa shape index (κ3) is 2.63. The number of aliphatic carboxylic acids is 1. The number of carboxylic acids is 1. The van der Waals surface area contributed by atoms with Crippen molar-refractivity contribution >= 4 is 15.8 Å². The molecule has 3 N–H and O–H groups in total. The average Bonchev–Trinajstić information content (AvgIpc) is 2.54. The van der Waals surface area contributed by atoms with Crippen LogP contribution in [0.1, 0.15) is 12.5 Å². The summed E-state index contributed by atoms with van der Waals surface area (Å²) in [6.45, 7) is 1.32. The first kappa shape index (κ1) is 16.2. The third-order valence-corrected chi connectivity index (χ3v) is 6.02. The van der Waals surface area contributed by atoms with Crippen LogP contribution in [-0.4, -0.2) is 24.7 Å². The van der Waals surface area contributed by atoms with Crippen molar-refractivity contribution in [3.63, 3.8) is 0 Å². The molecule has 2 rings (SSSR count). The van der Waals surface area contributed by atoms with E-state index >= 15 is 0 Å². The van der Waals surface area contributed by atoms with Crippen LogP contribution in [0.15, 0.2) is 65.6 Å². The highest BCUT2D eigenvalue weighted by atomic mass is 32.2. The Morgan fingerprint density at radius 2 is 1.50 bits per heavy atom. The van der Waals surface area contributed by atoms with Gasteiger partial charge in [-0.1, -0.05) is 48.5 Å². The standard InChI is InChI=1S/C16H17NO4S/c1-12(22(20,21)14-10-6-3-7-11-14)16(17,15(18)19)13-8-4-2-5-9-13/h2-12H,17H2,1H3,(H,18,19). The molecule has 2 atom stereocenters. The van der Waals surface area contributed by atoms with Crippen molar-refractivity contribution in [1.82, 2.24) is 0 Å². The molecule has 2 aromatic carbocycles. The predicted octanol–water partition coefficient (Wildman–Crippen LogP) is 1.79. The van der Waals surface area contributed by atoms with Crippen molar-refractivity contribution in [2.75, 3.05) is 0 Å². The number of carboxylic acid groups (broad SMARTS) is 1. The minimum absolute atomic E-state index is 0.0505. The van der Waals surface area contributed by atoms with E-state index in [2.05, 4.69) is 0 Å². The summed E-state index contributed by atoms with van der Waals surface area (Å²) in [6.07, 6.45) is 0. The Kier molecular flexibility index (Phi) is 4.35. The van der Waals surface area contributed by atoms with Gasteiger partial charge in [-0.3, -0.25) is 0 Å². The summed E-state index contributed by atoms with van der Waals surface area (Å²) >= 11 is 0. The third-order valence-electron chi connectivity index (χ3n) is 3.78. The monoisotopic (exact) mass is 319 g/mol. The fourth-order valence-corrected chi connectivity index (χ4v) is 3.98. The van der Waals surface area contributed by atoms with Gasteiger partial charge in [0, 0.05) is 0 Å². The van der Waals surface area contributed by atoms with E-state index in [1.165, 1.54) is 31.2 Å². The van der Waals surface area contributed by atoms with Crippen LogP contribution in [0.5, 0.6) is 0 Å². The van der Waals surface area contributed by atoms with Crippen LogP contribution in [0.4, 0.5) is 0 Å². The first-order valence-electron chi connectivity index (χ1n) is 6.68. The number of hydrogen-bond donors (Lipinski definition) is 2. The van der Waals surface area contributed by atoms with Crippen LogP contribution in [-0.2, 0) is 20.2 Å². The normalized spacial score (nSPS) is 15.7. The van der Waals surface area contributed by atoms with Crippen LogP contribution < -0.4 is 5.73 Å². The molecule has 0 aliphatic carbocycles. The fraction of sp³-hybridized carbons (Fsp3) is 0.188. The van der Waals surface area contributed by atoms with Gasteiger partial charge in [-0.05, 0) is 24.6 Å². The second-order valence-corrected chi connectivity index (χ2v) is 7.31. The molecular formula is C16H17NO4S. The lowest BCUT2D eigenvalue weighted by molar-refractivity contribution is -0.143. The van der Waals surface area contributed by atoms with Crippen molar-refractivity contribution in [2.45, 2.75) is 22.6 Å². The summed E-state index contributed by atoms with van der Waals surface area (Å²) in [5.74, 6) is -1.38. The van der Waals surface area contributed by atoms with Crippen molar-refractivity contribution in [3.8, 4) is 0 Å². The van der Waals surface area contributed by atoms with E-state index < -0.39 is 26.6 Å². The Hall–Kier alpha value is -2.18. The zero-order valence-corrected chi connectivity index (χ0v) is 12.8. The van der Waals surface area contributed by atoms with Gasteiger partial charge in [0.1, 0.15) is 0 Å². The van der Waals surface area contributed by atoms with Gasteiger partial charge in [-0.15, -0.1) is 0 Å². The maximum Gasteiger partial charge on any atom is 0.329 e. The van der Waals surface area contributed by atoms with Gasteiger partial charge in [-0.2, -0.15) is 0 Å². The van der Waals surface area contributed by atoms with E-state index in [-0.39, 0.29) is 10.5 Å². The number of carbonyl (C=O) groups is 1. The highest BCUT2D eigenvalue weighted by Crippen LogP contribution is 2.31. The van der Waals surface area contributed by atoms with Crippen LogP contribution >= 0.6 is 0 Å². The lowest BCUT2D eigenvalue weighted by Gasteiger charge is -2.31. The molecule has 2 aromatic rings. The summed E-state index contributed by atoms with van der Waals surface area (Å²) in [7, 11) is -3.90. The Labute approximate surface area is 129 Å². The number of rotatable bonds is 5. The first-order chi connectivity index (χ1) is 10.3. The Bertz CT molecular complexity index is 759. The van der Waals surface area contributed by atoms with Crippen LogP contribution in [0.25, 0.3) is 0 Å². The second-order valence-electron chi connectivity index (χ2n) is 5.04. The maximum atomic E-state index is 12.7. The molecule has 0 radical (unpaired) electrons. The van der Waals surface area contributed by atoms with Gasteiger partial charge in [0.25, 0.3) is 0 Å². The van der Waals surface area contributed by atoms with Gasteiger partial charge in [0.2, 0.25) is 0 Å². The molecule has 0 spiro atoms. The molecule has 5 nitrogen and oxygen atoms in total. The summed E-state index contributed by atoms with van der Waals surface area (Å²) in [4.78, 5) is 11.8. The Morgan fingerprint density at radius 3 is 1.95 bits per heavy atom. The van der Waals surface area contributed by atoms with Crippen LogP contribution in [0.3, 0.4) is 0 Å². The Morgan fingerprint density at radius 1 is 1.05 bits per heavy atom. The molecule has 0 fully saturated rings. The van der Waals surface area contributed by atoms with Crippen molar-refractivity contribution in [1.29, 1.82) is 0 Å². The topological polar surface area (TPSA) is 97.5 Å². The zero-order chi connectivity index (χ0) is 16.4. The average molecular weight is 319 g/mol. The quantitative estimate of drug-likeness (QED) is 0.875. The van der Waals surface area contributed by atoms with Gasteiger partial charge >= 0.3 is 5.97 Å². The van der Waals surface area contributed by atoms with Crippen molar-refractivity contribution in [2.24, 2.45) is 5.73 Å². The van der Waals surface area contributed by atoms with Gasteiger partial charge in [-0.25, -0.2) is 13.2 Å². The minimum atomic E-state index is -3.90. The zero-order valence-electron chi connectivity index (χ0n) is 12.0. The Balaban J connectivity index is 2.57. The highest BCUT2D eigenvalue weighted by molar-refractivity contribution is 7.92. The van der Waals surface area contributed by atoms with Gasteiger partial charge in [0.15, 0.2) is 15.4 Å². The van der Waals surface area contributed by atoms with Crippen molar-refractivity contribution in [3.05, 3.63) is 66.2 Å².